The second-order valence-corrected chi connectivity index (χ2v) is 7.46. The van der Waals surface area contributed by atoms with Gasteiger partial charge < -0.3 is 14.4 Å². The predicted molar refractivity (Wildman–Crippen MR) is 116 cm³/mol. The summed E-state index contributed by atoms with van der Waals surface area (Å²) in [5.74, 6) is 0.734. The molecule has 4 rings (SSSR count). The molecule has 1 unspecified atom stereocenters. The lowest BCUT2D eigenvalue weighted by atomic mass is 10.1. The predicted octanol–water partition coefficient (Wildman–Crippen LogP) is 3.38. The monoisotopic (exact) mass is 418 g/mol. The van der Waals surface area contributed by atoms with Crippen molar-refractivity contribution < 1.29 is 14.3 Å². The molecule has 1 saturated heterocycles. The van der Waals surface area contributed by atoms with Gasteiger partial charge in [0.2, 0.25) is 0 Å². The Kier molecular flexibility index (Phi) is 6.52. The SMILES string of the molecule is CCOc1ccc(Cc2cccc(C3CN(C(=O)c4cnc(C)cn4)CCO3)n2)cc1. The number of morpholine rings is 1. The van der Waals surface area contributed by atoms with E-state index in [-0.39, 0.29) is 12.0 Å². The largest absolute Gasteiger partial charge is 0.494 e. The van der Waals surface area contributed by atoms with Crippen LogP contribution in [0.15, 0.2) is 54.9 Å². The molecule has 160 valence electrons. The van der Waals surface area contributed by atoms with Crippen molar-refractivity contribution in [2.75, 3.05) is 26.3 Å². The molecular weight excluding hydrogens is 392 g/mol. The van der Waals surface area contributed by atoms with Crippen LogP contribution in [0.2, 0.25) is 0 Å². The van der Waals surface area contributed by atoms with Crippen LogP contribution in [0.3, 0.4) is 0 Å². The highest BCUT2D eigenvalue weighted by Gasteiger charge is 2.27. The summed E-state index contributed by atoms with van der Waals surface area (Å²) in [5.41, 5.74) is 4.08. The minimum absolute atomic E-state index is 0.133. The van der Waals surface area contributed by atoms with Crippen molar-refractivity contribution in [3.8, 4) is 5.75 Å². The Hall–Kier alpha value is -3.32. The van der Waals surface area contributed by atoms with E-state index in [1.54, 1.807) is 11.1 Å². The number of benzene rings is 1. The molecule has 7 heteroatoms. The lowest BCUT2D eigenvalue weighted by molar-refractivity contribution is -0.0250. The Balaban J connectivity index is 1.44. The quantitative estimate of drug-likeness (QED) is 0.611. The van der Waals surface area contributed by atoms with Gasteiger partial charge in [-0.15, -0.1) is 0 Å². The molecule has 7 nitrogen and oxygen atoms in total. The van der Waals surface area contributed by atoms with E-state index < -0.39 is 0 Å². The number of rotatable bonds is 6. The topological polar surface area (TPSA) is 77.4 Å². The minimum atomic E-state index is -0.267. The van der Waals surface area contributed by atoms with E-state index in [4.69, 9.17) is 14.5 Å². The number of hydrogen-bond donors (Lipinski definition) is 0. The normalized spacial score (nSPS) is 16.2. The van der Waals surface area contributed by atoms with Gasteiger partial charge in [-0.25, -0.2) is 4.98 Å². The summed E-state index contributed by atoms with van der Waals surface area (Å²) in [4.78, 5) is 27.8. The molecule has 31 heavy (non-hydrogen) atoms. The molecular formula is C24H26N4O3. The van der Waals surface area contributed by atoms with Gasteiger partial charge in [0.05, 0.1) is 37.3 Å². The Bertz CT molecular complexity index is 1020. The first-order valence-corrected chi connectivity index (χ1v) is 10.5. The number of nitrogens with zero attached hydrogens (tertiary/aromatic N) is 4. The number of carbonyl (C=O) groups is 1. The van der Waals surface area contributed by atoms with Crippen LogP contribution in [0.25, 0.3) is 0 Å². The maximum Gasteiger partial charge on any atom is 0.274 e. The van der Waals surface area contributed by atoms with Gasteiger partial charge in [0, 0.05) is 24.9 Å². The Morgan fingerprint density at radius 3 is 2.74 bits per heavy atom. The molecule has 3 heterocycles. The molecule has 0 aliphatic carbocycles. The first kappa shape index (κ1) is 20.9. The van der Waals surface area contributed by atoms with E-state index in [1.807, 2.05) is 44.2 Å². The smallest absolute Gasteiger partial charge is 0.274 e. The van der Waals surface area contributed by atoms with Crippen molar-refractivity contribution >= 4 is 5.91 Å². The van der Waals surface area contributed by atoms with Gasteiger partial charge >= 0.3 is 0 Å². The van der Waals surface area contributed by atoms with E-state index in [2.05, 4.69) is 22.1 Å². The molecule has 1 atom stereocenters. The third-order valence-corrected chi connectivity index (χ3v) is 5.13. The van der Waals surface area contributed by atoms with Crippen LogP contribution in [-0.4, -0.2) is 52.1 Å². The number of aromatic nitrogens is 3. The van der Waals surface area contributed by atoms with Gasteiger partial charge in [0.15, 0.2) is 0 Å². The molecule has 0 radical (unpaired) electrons. The Labute approximate surface area is 182 Å². The van der Waals surface area contributed by atoms with Gasteiger partial charge in [-0.3, -0.25) is 14.8 Å². The Morgan fingerprint density at radius 1 is 1.16 bits per heavy atom. The number of amides is 1. The highest BCUT2D eigenvalue weighted by molar-refractivity contribution is 5.92. The van der Waals surface area contributed by atoms with E-state index in [1.165, 1.54) is 6.20 Å². The average Bonchev–Trinajstić information content (AvgIpc) is 2.81. The number of carbonyl (C=O) groups excluding carboxylic acids is 1. The van der Waals surface area contributed by atoms with Crippen LogP contribution in [0.5, 0.6) is 5.75 Å². The van der Waals surface area contributed by atoms with Gasteiger partial charge in [-0.05, 0) is 43.7 Å². The van der Waals surface area contributed by atoms with Gasteiger partial charge in [0.1, 0.15) is 17.5 Å². The van der Waals surface area contributed by atoms with Gasteiger partial charge in [-0.1, -0.05) is 18.2 Å². The minimum Gasteiger partial charge on any atom is -0.494 e. The zero-order valence-electron chi connectivity index (χ0n) is 17.8. The molecule has 1 aromatic carbocycles. The molecule has 0 saturated carbocycles. The second kappa shape index (κ2) is 9.66. The number of aryl methyl sites for hydroxylation is 1. The average molecular weight is 418 g/mol. The van der Waals surface area contributed by atoms with E-state index in [9.17, 15) is 4.79 Å². The summed E-state index contributed by atoms with van der Waals surface area (Å²) in [6, 6.07) is 14.0. The molecule has 0 bridgehead atoms. The van der Waals surface area contributed by atoms with Gasteiger partial charge in [-0.2, -0.15) is 0 Å². The van der Waals surface area contributed by atoms with Crippen LogP contribution in [0, 0.1) is 6.92 Å². The summed E-state index contributed by atoms with van der Waals surface area (Å²) >= 11 is 0. The van der Waals surface area contributed by atoms with Crippen molar-refractivity contribution in [1.82, 2.24) is 19.9 Å². The summed E-state index contributed by atoms with van der Waals surface area (Å²) in [5, 5.41) is 0. The molecule has 1 amide bonds. The fourth-order valence-electron chi connectivity index (χ4n) is 3.53. The first-order valence-electron chi connectivity index (χ1n) is 10.5. The summed E-state index contributed by atoms with van der Waals surface area (Å²) in [6.45, 7) is 5.89. The van der Waals surface area contributed by atoms with Crippen LogP contribution in [0.1, 0.15) is 46.2 Å². The molecule has 0 N–H and O–H groups in total. The van der Waals surface area contributed by atoms with E-state index in [0.717, 1.165) is 28.4 Å². The first-order chi connectivity index (χ1) is 15.1. The summed E-state index contributed by atoms with van der Waals surface area (Å²) < 4.78 is 11.4. The molecule has 0 spiro atoms. The van der Waals surface area contributed by atoms with Crippen molar-refractivity contribution in [1.29, 1.82) is 0 Å². The van der Waals surface area contributed by atoms with Crippen LogP contribution in [-0.2, 0) is 11.2 Å². The van der Waals surface area contributed by atoms with Crippen molar-refractivity contribution in [3.63, 3.8) is 0 Å². The maximum atomic E-state index is 12.8. The molecule has 1 aliphatic heterocycles. The molecule has 2 aromatic heterocycles. The third-order valence-electron chi connectivity index (χ3n) is 5.13. The highest BCUT2D eigenvalue weighted by Crippen LogP contribution is 2.23. The number of ether oxygens (including phenoxy) is 2. The molecule has 3 aromatic rings. The zero-order valence-corrected chi connectivity index (χ0v) is 17.8. The van der Waals surface area contributed by atoms with E-state index >= 15 is 0 Å². The lowest BCUT2D eigenvalue weighted by Crippen LogP contribution is -2.42. The standard InChI is InChI=1S/C24H26N4O3/c1-3-30-20-9-7-18(8-10-20)13-19-5-4-6-21(27-19)23-16-28(11-12-31-23)24(29)22-15-25-17(2)14-26-22/h4-10,14-15,23H,3,11-13,16H2,1-2H3. The van der Waals surface area contributed by atoms with Crippen molar-refractivity contribution in [2.24, 2.45) is 0 Å². The molecule has 1 fully saturated rings. The fraction of sp³-hybridized carbons (Fsp3) is 0.333. The summed E-state index contributed by atoms with van der Waals surface area (Å²) in [6.07, 6.45) is 3.58. The van der Waals surface area contributed by atoms with Crippen molar-refractivity contribution in [3.05, 3.63) is 83.2 Å². The third kappa shape index (κ3) is 5.24. The number of hydrogen-bond acceptors (Lipinski definition) is 6. The van der Waals surface area contributed by atoms with Gasteiger partial charge in [0.25, 0.3) is 5.91 Å². The van der Waals surface area contributed by atoms with Crippen molar-refractivity contribution in [2.45, 2.75) is 26.4 Å². The van der Waals surface area contributed by atoms with Crippen LogP contribution >= 0.6 is 0 Å². The van der Waals surface area contributed by atoms with E-state index in [0.29, 0.717) is 38.4 Å². The zero-order chi connectivity index (χ0) is 21.6. The van der Waals surface area contributed by atoms with Crippen LogP contribution < -0.4 is 4.74 Å². The number of pyridine rings is 1. The molecule has 1 aliphatic rings. The Morgan fingerprint density at radius 2 is 2.00 bits per heavy atom. The maximum absolute atomic E-state index is 12.8. The van der Waals surface area contributed by atoms with Crippen LogP contribution in [0.4, 0.5) is 0 Å². The lowest BCUT2D eigenvalue weighted by Gasteiger charge is -2.32. The summed E-state index contributed by atoms with van der Waals surface area (Å²) in [7, 11) is 0. The second-order valence-electron chi connectivity index (χ2n) is 7.46. The highest BCUT2D eigenvalue weighted by atomic mass is 16.5. The fourth-order valence-corrected chi connectivity index (χ4v) is 3.53.